The van der Waals surface area contributed by atoms with Crippen LogP contribution in [0, 0.1) is 17.3 Å². The van der Waals surface area contributed by atoms with Gasteiger partial charge in [0.2, 0.25) is 0 Å². The molecule has 3 heterocycles. The molecule has 114 valence electrons. The van der Waals surface area contributed by atoms with Crippen LogP contribution in [-0.2, 0) is 0 Å². The van der Waals surface area contributed by atoms with E-state index < -0.39 is 0 Å². The lowest BCUT2D eigenvalue weighted by atomic mass is 9.82. The molecule has 0 amide bonds. The number of nitrogens with zero attached hydrogens (tertiary/aromatic N) is 2. The molecule has 0 aromatic rings. The lowest BCUT2D eigenvalue weighted by Gasteiger charge is -2.41. The van der Waals surface area contributed by atoms with Crippen molar-refractivity contribution in [1.82, 2.24) is 10.2 Å². The zero-order valence-electron chi connectivity index (χ0n) is 13.4. The van der Waals surface area contributed by atoms with Crippen LogP contribution in [0.2, 0.25) is 0 Å². The standard InChI is InChI=1S/C17H31N3/c1-17(2,3)15-10-14-7-5-9-19-16(14)20(15)12-13-6-4-8-18-11-13/h8,13-16,19H,4-7,9-12H2,1-3H3. The number of hydrogen-bond acceptors (Lipinski definition) is 3. The quantitative estimate of drug-likeness (QED) is 0.840. The van der Waals surface area contributed by atoms with Gasteiger partial charge >= 0.3 is 0 Å². The van der Waals surface area contributed by atoms with E-state index in [2.05, 4.69) is 42.2 Å². The highest BCUT2D eigenvalue weighted by Crippen LogP contribution is 2.42. The highest BCUT2D eigenvalue weighted by Gasteiger charge is 2.46. The van der Waals surface area contributed by atoms with Crippen molar-refractivity contribution in [2.75, 3.05) is 19.6 Å². The fourth-order valence-corrected chi connectivity index (χ4v) is 4.44. The fraction of sp³-hybridized carbons (Fsp3) is 0.941. The molecule has 3 rings (SSSR count). The maximum absolute atomic E-state index is 4.52. The van der Waals surface area contributed by atoms with Crippen LogP contribution in [0.25, 0.3) is 0 Å². The van der Waals surface area contributed by atoms with Gasteiger partial charge < -0.3 is 5.32 Å². The molecule has 4 atom stereocenters. The van der Waals surface area contributed by atoms with E-state index >= 15 is 0 Å². The predicted octanol–water partition coefficient (Wildman–Crippen LogP) is 2.91. The van der Waals surface area contributed by atoms with Crippen molar-refractivity contribution in [2.24, 2.45) is 22.2 Å². The molecule has 0 aromatic heterocycles. The Morgan fingerprint density at radius 3 is 2.85 bits per heavy atom. The lowest BCUT2D eigenvalue weighted by Crippen LogP contribution is -2.53. The largest absolute Gasteiger partial charge is 0.301 e. The van der Waals surface area contributed by atoms with E-state index in [0.29, 0.717) is 11.6 Å². The number of aliphatic imine (C=N–C) groups is 1. The van der Waals surface area contributed by atoms with Crippen LogP contribution in [0.4, 0.5) is 0 Å². The van der Waals surface area contributed by atoms with Crippen LogP contribution >= 0.6 is 0 Å². The van der Waals surface area contributed by atoms with Crippen molar-refractivity contribution >= 4 is 6.21 Å². The molecule has 3 aliphatic heterocycles. The summed E-state index contributed by atoms with van der Waals surface area (Å²) in [6, 6.07) is 0.731. The zero-order chi connectivity index (χ0) is 14.2. The average Bonchev–Trinajstić information content (AvgIpc) is 2.79. The summed E-state index contributed by atoms with van der Waals surface area (Å²) < 4.78 is 0. The number of fused-ring (bicyclic) bond motifs is 1. The van der Waals surface area contributed by atoms with Gasteiger partial charge in [-0.1, -0.05) is 20.8 Å². The second-order valence-electron chi connectivity index (χ2n) is 8.11. The molecule has 1 N–H and O–H groups in total. The molecule has 2 fully saturated rings. The first-order valence-corrected chi connectivity index (χ1v) is 8.53. The van der Waals surface area contributed by atoms with E-state index in [1.807, 2.05) is 0 Å². The monoisotopic (exact) mass is 277 g/mol. The molecule has 0 aliphatic carbocycles. The first-order valence-electron chi connectivity index (χ1n) is 8.53. The molecule has 3 nitrogen and oxygen atoms in total. The fourth-order valence-electron chi connectivity index (χ4n) is 4.44. The molecule has 3 aliphatic rings. The minimum atomic E-state index is 0.386. The van der Waals surface area contributed by atoms with E-state index in [1.165, 1.54) is 45.2 Å². The molecule has 0 spiro atoms. The summed E-state index contributed by atoms with van der Waals surface area (Å²) in [6.07, 6.45) is 9.43. The Hall–Kier alpha value is -0.410. The molecule has 0 bridgehead atoms. The number of nitrogens with one attached hydrogen (secondary N) is 1. The average molecular weight is 277 g/mol. The van der Waals surface area contributed by atoms with Crippen LogP contribution in [0.3, 0.4) is 0 Å². The second kappa shape index (κ2) is 5.76. The molecular weight excluding hydrogens is 246 g/mol. The molecule has 2 saturated heterocycles. The van der Waals surface area contributed by atoms with Gasteiger partial charge in [-0.25, -0.2) is 0 Å². The Balaban J connectivity index is 1.73. The summed E-state index contributed by atoms with van der Waals surface area (Å²) in [5.74, 6) is 1.65. The lowest BCUT2D eigenvalue weighted by molar-refractivity contribution is 0.0655. The predicted molar refractivity (Wildman–Crippen MR) is 85.2 cm³/mol. The highest BCUT2D eigenvalue weighted by molar-refractivity contribution is 5.57. The Bertz CT molecular complexity index is 358. The number of piperidine rings is 1. The van der Waals surface area contributed by atoms with Crippen LogP contribution in [0.1, 0.15) is 52.9 Å². The summed E-state index contributed by atoms with van der Waals surface area (Å²) in [6.45, 7) is 10.7. The van der Waals surface area contributed by atoms with Gasteiger partial charge in [0.1, 0.15) is 0 Å². The van der Waals surface area contributed by atoms with E-state index in [-0.39, 0.29) is 0 Å². The molecule has 3 heteroatoms. The summed E-state index contributed by atoms with van der Waals surface area (Å²) in [5, 5.41) is 3.81. The number of rotatable bonds is 2. The van der Waals surface area contributed by atoms with E-state index in [4.69, 9.17) is 0 Å². The van der Waals surface area contributed by atoms with Crippen molar-refractivity contribution in [3.63, 3.8) is 0 Å². The maximum atomic E-state index is 4.52. The minimum Gasteiger partial charge on any atom is -0.301 e. The van der Waals surface area contributed by atoms with Gasteiger partial charge in [0.15, 0.2) is 0 Å². The highest BCUT2D eigenvalue weighted by atomic mass is 15.3. The van der Waals surface area contributed by atoms with Crippen molar-refractivity contribution < 1.29 is 0 Å². The van der Waals surface area contributed by atoms with Gasteiger partial charge in [-0.2, -0.15) is 0 Å². The smallest absolute Gasteiger partial charge is 0.0629 e. The summed E-state index contributed by atoms with van der Waals surface area (Å²) in [5.41, 5.74) is 0.386. The van der Waals surface area contributed by atoms with Crippen molar-refractivity contribution in [1.29, 1.82) is 0 Å². The van der Waals surface area contributed by atoms with Gasteiger partial charge in [0.25, 0.3) is 0 Å². The summed E-state index contributed by atoms with van der Waals surface area (Å²) in [4.78, 5) is 7.33. The van der Waals surface area contributed by atoms with Crippen LogP contribution in [-0.4, -0.2) is 43.0 Å². The van der Waals surface area contributed by atoms with Gasteiger partial charge in [-0.15, -0.1) is 0 Å². The summed E-state index contributed by atoms with van der Waals surface area (Å²) >= 11 is 0. The number of likely N-dealkylation sites (tertiary alicyclic amines) is 1. The topological polar surface area (TPSA) is 27.6 Å². The first kappa shape index (κ1) is 14.5. The Morgan fingerprint density at radius 1 is 1.30 bits per heavy atom. The van der Waals surface area contributed by atoms with Crippen LogP contribution in [0.15, 0.2) is 4.99 Å². The van der Waals surface area contributed by atoms with Crippen molar-refractivity contribution in [2.45, 2.75) is 65.1 Å². The maximum Gasteiger partial charge on any atom is 0.0629 e. The molecule has 20 heavy (non-hydrogen) atoms. The van der Waals surface area contributed by atoms with Crippen molar-refractivity contribution in [3.8, 4) is 0 Å². The third-order valence-electron chi connectivity index (χ3n) is 5.50. The van der Waals surface area contributed by atoms with Gasteiger partial charge in [-0.05, 0) is 62.1 Å². The van der Waals surface area contributed by atoms with Crippen LogP contribution in [0.5, 0.6) is 0 Å². The van der Waals surface area contributed by atoms with E-state index in [0.717, 1.165) is 24.4 Å². The second-order valence-corrected chi connectivity index (χ2v) is 8.11. The van der Waals surface area contributed by atoms with Crippen LogP contribution < -0.4 is 5.32 Å². The first-order chi connectivity index (χ1) is 9.55. The molecule has 0 saturated carbocycles. The Kier molecular flexibility index (Phi) is 4.19. The third kappa shape index (κ3) is 2.94. The molecular formula is C17H31N3. The van der Waals surface area contributed by atoms with E-state index in [9.17, 15) is 0 Å². The van der Waals surface area contributed by atoms with Gasteiger partial charge in [0, 0.05) is 19.1 Å². The Morgan fingerprint density at radius 2 is 2.15 bits per heavy atom. The normalized spacial score (nSPS) is 39.0. The van der Waals surface area contributed by atoms with Gasteiger partial charge in [0.05, 0.1) is 6.17 Å². The SMILES string of the molecule is CC(C)(C)C1CC2CCCNC2N1CC1CCC=NC1. The molecule has 0 aromatic carbocycles. The Labute approximate surface area is 124 Å². The number of hydrogen-bond donors (Lipinski definition) is 1. The van der Waals surface area contributed by atoms with Crippen molar-refractivity contribution in [3.05, 3.63) is 0 Å². The molecule has 0 radical (unpaired) electrons. The zero-order valence-corrected chi connectivity index (χ0v) is 13.4. The minimum absolute atomic E-state index is 0.386. The third-order valence-corrected chi connectivity index (χ3v) is 5.50. The molecule has 4 unspecified atom stereocenters. The van der Waals surface area contributed by atoms with E-state index in [1.54, 1.807) is 0 Å². The van der Waals surface area contributed by atoms with Gasteiger partial charge in [-0.3, -0.25) is 9.89 Å². The summed E-state index contributed by atoms with van der Waals surface area (Å²) in [7, 11) is 0.